The molecule has 0 aliphatic heterocycles. The van der Waals surface area contributed by atoms with E-state index in [2.05, 4.69) is 55.0 Å². The first-order valence-electron chi connectivity index (χ1n) is 7.89. The lowest BCUT2D eigenvalue weighted by molar-refractivity contribution is 0.309. The van der Waals surface area contributed by atoms with Gasteiger partial charge in [0.15, 0.2) is 0 Å². The molecule has 0 saturated heterocycles. The van der Waals surface area contributed by atoms with Gasteiger partial charge in [0.25, 0.3) is 0 Å². The molecule has 0 amide bonds. The van der Waals surface area contributed by atoms with Crippen LogP contribution in [0, 0.1) is 11.3 Å². The van der Waals surface area contributed by atoms with Crippen LogP contribution in [0.2, 0.25) is 0 Å². The minimum absolute atomic E-state index is 0.592. The summed E-state index contributed by atoms with van der Waals surface area (Å²) in [4.78, 5) is 0. The SMILES string of the molecule is C=C(C)CCC(C)C.CCCCCC(C)(C)CC. The maximum absolute atomic E-state index is 3.83. The van der Waals surface area contributed by atoms with Crippen LogP contribution in [0.3, 0.4) is 0 Å². The molecule has 110 valence electrons. The molecule has 0 saturated carbocycles. The van der Waals surface area contributed by atoms with E-state index in [0.717, 1.165) is 5.92 Å². The topological polar surface area (TPSA) is 0 Å². The van der Waals surface area contributed by atoms with Gasteiger partial charge in [-0.25, -0.2) is 0 Å². The Morgan fingerprint density at radius 2 is 1.67 bits per heavy atom. The summed E-state index contributed by atoms with van der Waals surface area (Å²) < 4.78 is 0. The van der Waals surface area contributed by atoms with Gasteiger partial charge in [0.1, 0.15) is 0 Å². The smallest absolute Gasteiger partial charge is 0.0323 e. The first kappa shape index (κ1) is 20.1. The van der Waals surface area contributed by atoms with Crippen molar-refractivity contribution in [1.29, 1.82) is 0 Å². The van der Waals surface area contributed by atoms with Crippen LogP contribution in [0.15, 0.2) is 12.2 Å². The summed E-state index contributed by atoms with van der Waals surface area (Å²) in [6.45, 7) is 19.7. The summed E-state index contributed by atoms with van der Waals surface area (Å²) in [7, 11) is 0. The Balaban J connectivity index is 0. The number of unbranched alkanes of at least 4 members (excludes halogenated alkanes) is 2. The van der Waals surface area contributed by atoms with E-state index in [1.54, 1.807) is 0 Å². The second-order valence-electron chi connectivity index (χ2n) is 6.86. The minimum Gasteiger partial charge on any atom is -0.100 e. The van der Waals surface area contributed by atoms with Gasteiger partial charge in [-0.1, -0.05) is 72.8 Å². The average molecular weight is 255 g/mol. The lowest BCUT2D eigenvalue weighted by Crippen LogP contribution is -2.08. The molecular weight excluding hydrogens is 216 g/mol. The predicted octanol–water partition coefficient (Wildman–Crippen LogP) is 7.00. The molecule has 0 unspecified atom stereocenters. The van der Waals surface area contributed by atoms with Crippen molar-refractivity contribution in [2.24, 2.45) is 11.3 Å². The molecule has 0 heterocycles. The van der Waals surface area contributed by atoms with Gasteiger partial charge in [-0.05, 0) is 37.5 Å². The number of allylic oxidation sites excluding steroid dienone is 1. The van der Waals surface area contributed by atoms with Crippen LogP contribution >= 0.6 is 0 Å². The van der Waals surface area contributed by atoms with E-state index in [-0.39, 0.29) is 0 Å². The molecule has 0 aliphatic carbocycles. The van der Waals surface area contributed by atoms with Gasteiger partial charge in [-0.15, -0.1) is 6.58 Å². The fraction of sp³-hybridized carbons (Fsp3) is 0.889. The Morgan fingerprint density at radius 3 is 1.94 bits per heavy atom. The summed E-state index contributed by atoms with van der Waals surface area (Å²) >= 11 is 0. The van der Waals surface area contributed by atoms with Crippen LogP contribution in [0.25, 0.3) is 0 Å². The maximum atomic E-state index is 3.83. The molecule has 0 rings (SSSR count). The van der Waals surface area contributed by atoms with E-state index in [1.165, 1.54) is 50.5 Å². The van der Waals surface area contributed by atoms with Gasteiger partial charge < -0.3 is 0 Å². The van der Waals surface area contributed by atoms with Crippen molar-refractivity contribution in [2.45, 2.75) is 93.4 Å². The Kier molecular flexibility index (Phi) is 13.2. The van der Waals surface area contributed by atoms with E-state index in [0.29, 0.717) is 5.41 Å². The van der Waals surface area contributed by atoms with Crippen molar-refractivity contribution in [3.8, 4) is 0 Å². The lowest BCUT2D eigenvalue weighted by Gasteiger charge is -2.21. The molecule has 0 aromatic rings. The van der Waals surface area contributed by atoms with Crippen molar-refractivity contribution < 1.29 is 0 Å². The predicted molar refractivity (Wildman–Crippen MR) is 87.1 cm³/mol. The maximum Gasteiger partial charge on any atom is -0.0323 e. The summed E-state index contributed by atoms with van der Waals surface area (Å²) in [5.41, 5.74) is 1.90. The van der Waals surface area contributed by atoms with Crippen LogP contribution in [0.4, 0.5) is 0 Å². The number of hydrogen-bond acceptors (Lipinski definition) is 0. The van der Waals surface area contributed by atoms with Crippen LogP contribution in [0.5, 0.6) is 0 Å². The summed E-state index contributed by atoms with van der Waals surface area (Å²) in [6, 6.07) is 0. The van der Waals surface area contributed by atoms with E-state index >= 15 is 0 Å². The fourth-order valence-corrected chi connectivity index (χ4v) is 1.57. The molecule has 0 atom stereocenters. The van der Waals surface area contributed by atoms with E-state index in [4.69, 9.17) is 0 Å². The largest absolute Gasteiger partial charge is 0.100 e. The second-order valence-corrected chi connectivity index (χ2v) is 6.86. The van der Waals surface area contributed by atoms with Crippen LogP contribution < -0.4 is 0 Å². The normalized spacial score (nSPS) is 11.1. The Morgan fingerprint density at radius 1 is 1.11 bits per heavy atom. The fourth-order valence-electron chi connectivity index (χ4n) is 1.57. The monoisotopic (exact) mass is 254 g/mol. The third kappa shape index (κ3) is 18.1. The van der Waals surface area contributed by atoms with Crippen LogP contribution in [0.1, 0.15) is 93.4 Å². The van der Waals surface area contributed by atoms with Crippen LogP contribution in [-0.2, 0) is 0 Å². The molecule has 0 N–H and O–H groups in total. The highest BCUT2D eigenvalue weighted by Crippen LogP contribution is 2.26. The zero-order chi connectivity index (χ0) is 14.6. The molecule has 0 aromatic carbocycles. The highest BCUT2D eigenvalue weighted by molar-refractivity contribution is 4.87. The second kappa shape index (κ2) is 11.8. The van der Waals surface area contributed by atoms with E-state index in [1.807, 2.05) is 0 Å². The number of rotatable bonds is 8. The van der Waals surface area contributed by atoms with Crippen molar-refractivity contribution in [3.63, 3.8) is 0 Å². The molecule has 0 bridgehead atoms. The summed E-state index contributed by atoms with van der Waals surface area (Å²) in [6.07, 6.45) is 9.36. The third-order valence-electron chi connectivity index (χ3n) is 3.56. The van der Waals surface area contributed by atoms with E-state index in [9.17, 15) is 0 Å². The Hall–Kier alpha value is -0.260. The lowest BCUT2D eigenvalue weighted by atomic mass is 9.84. The van der Waals surface area contributed by atoms with Gasteiger partial charge in [-0.2, -0.15) is 0 Å². The van der Waals surface area contributed by atoms with E-state index < -0.39 is 0 Å². The molecule has 0 nitrogen and oxygen atoms in total. The first-order chi connectivity index (χ1) is 8.25. The quantitative estimate of drug-likeness (QED) is 0.323. The van der Waals surface area contributed by atoms with Gasteiger partial charge in [0, 0.05) is 0 Å². The molecule has 0 heteroatoms. The van der Waals surface area contributed by atoms with Crippen molar-refractivity contribution in [3.05, 3.63) is 12.2 Å². The van der Waals surface area contributed by atoms with Gasteiger partial charge >= 0.3 is 0 Å². The zero-order valence-corrected chi connectivity index (χ0v) is 14.2. The number of hydrogen-bond donors (Lipinski definition) is 0. The first-order valence-corrected chi connectivity index (χ1v) is 7.89. The van der Waals surface area contributed by atoms with Gasteiger partial charge in [0.2, 0.25) is 0 Å². The molecule has 0 spiro atoms. The van der Waals surface area contributed by atoms with Crippen LogP contribution in [-0.4, -0.2) is 0 Å². The highest BCUT2D eigenvalue weighted by Gasteiger charge is 2.13. The summed E-state index contributed by atoms with van der Waals surface area (Å²) in [5.74, 6) is 0.826. The molecular formula is C18H38. The van der Waals surface area contributed by atoms with Crippen molar-refractivity contribution in [1.82, 2.24) is 0 Å². The molecule has 0 fully saturated rings. The average Bonchev–Trinajstić information content (AvgIpc) is 2.27. The standard InChI is InChI=1S/C10H22.C8H16/c1-5-7-8-9-10(3,4)6-2;1-7(2)5-6-8(3)4/h5-9H2,1-4H3;8H,1,5-6H2,2-4H3. The molecule has 0 radical (unpaired) electrons. The molecule has 0 aromatic heterocycles. The minimum atomic E-state index is 0.592. The highest BCUT2D eigenvalue weighted by atomic mass is 14.2. The Labute approximate surface area is 117 Å². The summed E-state index contributed by atoms with van der Waals surface area (Å²) in [5, 5.41) is 0. The molecule has 18 heavy (non-hydrogen) atoms. The van der Waals surface area contributed by atoms with Crippen molar-refractivity contribution >= 4 is 0 Å². The Bertz CT molecular complexity index is 186. The van der Waals surface area contributed by atoms with Crippen molar-refractivity contribution in [2.75, 3.05) is 0 Å². The zero-order valence-electron chi connectivity index (χ0n) is 14.2. The molecule has 0 aliphatic rings. The third-order valence-corrected chi connectivity index (χ3v) is 3.56. The van der Waals surface area contributed by atoms with Gasteiger partial charge in [-0.3, -0.25) is 0 Å². The van der Waals surface area contributed by atoms with Gasteiger partial charge in [0.05, 0.1) is 0 Å².